The van der Waals surface area contributed by atoms with E-state index in [1.54, 1.807) is 6.92 Å². The van der Waals surface area contributed by atoms with E-state index in [4.69, 9.17) is 0 Å². The molecule has 1 N–H and O–H groups in total. The minimum Gasteiger partial charge on any atom is -0.316 e. The third-order valence-corrected chi connectivity index (χ3v) is 2.28. The quantitative estimate of drug-likeness (QED) is 0.627. The lowest BCUT2D eigenvalue weighted by Gasteiger charge is -2.19. The molecule has 1 aliphatic heterocycles. The number of hydrogen-bond donors (Lipinski definition) is 1. The molecule has 0 aromatic carbocycles. The molecule has 0 saturated carbocycles. The van der Waals surface area contributed by atoms with Crippen molar-refractivity contribution in [2.24, 2.45) is 11.8 Å². The summed E-state index contributed by atoms with van der Waals surface area (Å²) in [4.78, 5) is 0. The fourth-order valence-electron chi connectivity index (χ4n) is 1.55. The standard InChI is InChI=1S/C7H12F3N/c1-2-5-3-11-4-6(5)7(8,9)10/h5-6,11H,2-4H2,1H3. The van der Waals surface area contributed by atoms with Gasteiger partial charge in [-0.25, -0.2) is 0 Å². The van der Waals surface area contributed by atoms with Crippen LogP contribution >= 0.6 is 0 Å². The van der Waals surface area contributed by atoms with Crippen LogP contribution in [0.15, 0.2) is 0 Å². The van der Waals surface area contributed by atoms with Crippen molar-refractivity contribution >= 4 is 0 Å². The Balaban J connectivity index is 2.57. The summed E-state index contributed by atoms with van der Waals surface area (Å²) in [7, 11) is 0. The third-order valence-electron chi connectivity index (χ3n) is 2.28. The molecule has 2 atom stereocenters. The fourth-order valence-corrected chi connectivity index (χ4v) is 1.55. The molecule has 11 heavy (non-hydrogen) atoms. The van der Waals surface area contributed by atoms with Gasteiger partial charge < -0.3 is 5.32 Å². The Hall–Kier alpha value is -0.250. The van der Waals surface area contributed by atoms with Crippen molar-refractivity contribution in [1.29, 1.82) is 0 Å². The minimum atomic E-state index is -4.01. The molecular formula is C7H12F3N. The molecular weight excluding hydrogens is 155 g/mol. The molecule has 1 rings (SSSR count). The minimum absolute atomic E-state index is 0.0992. The zero-order valence-electron chi connectivity index (χ0n) is 6.41. The van der Waals surface area contributed by atoms with E-state index < -0.39 is 12.1 Å². The van der Waals surface area contributed by atoms with Gasteiger partial charge in [0.25, 0.3) is 0 Å². The summed E-state index contributed by atoms with van der Waals surface area (Å²) < 4.78 is 36.5. The Labute approximate surface area is 64.0 Å². The first kappa shape index (κ1) is 8.84. The number of alkyl halides is 3. The van der Waals surface area contributed by atoms with Crippen molar-refractivity contribution in [3.8, 4) is 0 Å². The van der Waals surface area contributed by atoms with Gasteiger partial charge in [0.05, 0.1) is 5.92 Å². The van der Waals surface area contributed by atoms with Gasteiger partial charge >= 0.3 is 6.18 Å². The first-order chi connectivity index (χ1) is 5.05. The highest BCUT2D eigenvalue weighted by molar-refractivity contribution is 4.84. The van der Waals surface area contributed by atoms with Crippen LogP contribution in [0.4, 0.5) is 13.2 Å². The van der Waals surface area contributed by atoms with E-state index in [1.807, 2.05) is 0 Å². The Bertz CT molecular complexity index is 132. The number of rotatable bonds is 1. The zero-order valence-corrected chi connectivity index (χ0v) is 6.41. The summed E-state index contributed by atoms with van der Waals surface area (Å²) in [5.41, 5.74) is 0. The number of nitrogens with one attached hydrogen (secondary N) is 1. The maximum absolute atomic E-state index is 12.2. The average molecular weight is 167 g/mol. The van der Waals surface area contributed by atoms with Crippen LogP contribution in [0.1, 0.15) is 13.3 Å². The van der Waals surface area contributed by atoms with Crippen molar-refractivity contribution in [2.75, 3.05) is 13.1 Å². The fraction of sp³-hybridized carbons (Fsp3) is 1.00. The van der Waals surface area contributed by atoms with E-state index in [2.05, 4.69) is 5.32 Å². The van der Waals surface area contributed by atoms with Crippen LogP contribution < -0.4 is 5.32 Å². The Morgan fingerprint density at radius 1 is 1.36 bits per heavy atom. The normalized spacial score (nSPS) is 32.7. The molecule has 66 valence electrons. The van der Waals surface area contributed by atoms with Crippen LogP contribution in [0.3, 0.4) is 0 Å². The molecule has 1 fully saturated rings. The van der Waals surface area contributed by atoms with Crippen molar-refractivity contribution in [3.05, 3.63) is 0 Å². The summed E-state index contributed by atoms with van der Waals surface area (Å²) in [5, 5.41) is 2.76. The van der Waals surface area contributed by atoms with Crippen molar-refractivity contribution < 1.29 is 13.2 Å². The van der Waals surface area contributed by atoms with Crippen LogP contribution in [0.5, 0.6) is 0 Å². The van der Waals surface area contributed by atoms with E-state index in [1.165, 1.54) is 0 Å². The molecule has 0 aromatic rings. The highest BCUT2D eigenvalue weighted by Crippen LogP contribution is 2.35. The van der Waals surface area contributed by atoms with Crippen LogP contribution in [0.2, 0.25) is 0 Å². The van der Waals surface area contributed by atoms with E-state index in [9.17, 15) is 13.2 Å². The molecule has 1 nitrogen and oxygen atoms in total. The second-order valence-corrected chi connectivity index (χ2v) is 2.97. The van der Waals surface area contributed by atoms with Crippen LogP contribution in [-0.4, -0.2) is 19.3 Å². The van der Waals surface area contributed by atoms with E-state index >= 15 is 0 Å². The lowest BCUT2D eigenvalue weighted by atomic mass is 9.93. The predicted octanol–water partition coefficient (Wildman–Crippen LogP) is 1.79. The first-order valence-corrected chi connectivity index (χ1v) is 3.83. The van der Waals surface area contributed by atoms with Gasteiger partial charge in [0, 0.05) is 6.54 Å². The Morgan fingerprint density at radius 3 is 2.36 bits per heavy atom. The van der Waals surface area contributed by atoms with Gasteiger partial charge in [0.15, 0.2) is 0 Å². The van der Waals surface area contributed by atoms with Crippen LogP contribution in [0, 0.1) is 11.8 Å². The van der Waals surface area contributed by atoms with Gasteiger partial charge in [-0.05, 0) is 12.5 Å². The van der Waals surface area contributed by atoms with Crippen LogP contribution in [-0.2, 0) is 0 Å². The highest BCUT2D eigenvalue weighted by Gasteiger charge is 2.46. The molecule has 0 bridgehead atoms. The van der Waals surface area contributed by atoms with Crippen molar-refractivity contribution in [3.63, 3.8) is 0 Å². The highest BCUT2D eigenvalue weighted by atomic mass is 19.4. The van der Waals surface area contributed by atoms with Gasteiger partial charge in [-0.2, -0.15) is 13.2 Å². The van der Waals surface area contributed by atoms with Crippen LogP contribution in [0.25, 0.3) is 0 Å². The van der Waals surface area contributed by atoms with E-state index in [0.717, 1.165) is 0 Å². The molecule has 0 aromatic heterocycles. The second kappa shape index (κ2) is 3.01. The molecule has 4 heteroatoms. The van der Waals surface area contributed by atoms with Gasteiger partial charge in [-0.15, -0.1) is 0 Å². The lowest BCUT2D eigenvalue weighted by molar-refractivity contribution is -0.179. The summed E-state index contributed by atoms with van der Waals surface area (Å²) in [5.74, 6) is -1.33. The Kier molecular flexibility index (Phi) is 2.42. The summed E-state index contributed by atoms with van der Waals surface area (Å²) in [6.07, 6.45) is -3.40. The summed E-state index contributed by atoms with van der Waals surface area (Å²) >= 11 is 0. The molecule has 1 heterocycles. The van der Waals surface area contributed by atoms with Crippen molar-refractivity contribution in [1.82, 2.24) is 5.32 Å². The van der Waals surface area contributed by atoms with E-state index in [-0.39, 0.29) is 12.5 Å². The van der Waals surface area contributed by atoms with E-state index in [0.29, 0.717) is 13.0 Å². The van der Waals surface area contributed by atoms with Gasteiger partial charge in [-0.1, -0.05) is 13.3 Å². The molecule has 1 aliphatic rings. The largest absolute Gasteiger partial charge is 0.393 e. The number of hydrogen-bond acceptors (Lipinski definition) is 1. The molecule has 0 spiro atoms. The number of halogens is 3. The molecule has 0 aliphatic carbocycles. The molecule has 1 saturated heterocycles. The monoisotopic (exact) mass is 167 g/mol. The smallest absolute Gasteiger partial charge is 0.316 e. The van der Waals surface area contributed by atoms with Gasteiger partial charge in [-0.3, -0.25) is 0 Å². The Morgan fingerprint density at radius 2 is 2.00 bits per heavy atom. The second-order valence-electron chi connectivity index (χ2n) is 2.97. The SMILES string of the molecule is CCC1CNCC1C(F)(F)F. The third kappa shape index (κ3) is 1.86. The van der Waals surface area contributed by atoms with Crippen molar-refractivity contribution in [2.45, 2.75) is 19.5 Å². The summed E-state index contributed by atoms with van der Waals surface area (Å²) in [6, 6.07) is 0. The average Bonchev–Trinajstić information content (AvgIpc) is 2.31. The maximum Gasteiger partial charge on any atom is 0.393 e. The molecule has 2 unspecified atom stereocenters. The first-order valence-electron chi connectivity index (χ1n) is 3.83. The predicted molar refractivity (Wildman–Crippen MR) is 36.2 cm³/mol. The van der Waals surface area contributed by atoms with Gasteiger partial charge in [0.2, 0.25) is 0 Å². The maximum atomic E-state index is 12.2. The zero-order chi connectivity index (χ0) is 8.48. The molecule has 0 amide bonds. The summed E-state index contributed by atoms with van der Waals surface area (Å²) in [6.45, 7) is 2.42. The molecule has 0 radical (unpaired) electrons. The topological polar surface area (TPSA) is 12.0 Å². The van der Waals surface area contributed by atoms with Gasteiger partial charge in [0.1, 0.15) is 0 Å². The lowest BCUT2D eigenvalue weighted by Crippen LogP contribution is -2.29.